The fourth-order valence-corrected chi connectivity index (χ4v) is 9.41. The second-order valence-electron chi connectivity index (χ2n) is 20.6. The number of carbonyl (C=O) groups excluding carboxylic acids is 6. The highest BCUT2D eigenvalue weighted by atomic mass is 16.6. The van der Waals surface area contributed by atoms with Crippen molar-refractivity contribution in [2.45, 2.75) is 278 Å². The van der Waals surface area contributed by atoms with Crippen LogP contribution in [-0.2, 0) is 60.7 Å². The fourth-order valence-electron chi connectivity index (χ4n) is 9.41. The average Bonchev–Trinajstić information content (AvgIpc) is 3.79. The lowest BCUT2D eigenvalue weighted by atomic mass is 9.94. The molecule has 1 aliphatic rings. The molecule has 1 aromatic rings. The van der Waals surface area contributed by atoms with Crippen molar-refractivity contribution in [3.63, 3.8) is 0 Å². The third-order valence-corrected chi connectivity index (χ3v) is 14.1. The Hall–Kier alpha value is -4.42. The number of allylic oxidation sites excluding steroid dienone is 2. The molecule has 0 aromatic heterocycles. The Morgan fingerprint density at radius 3 is 1.35 bits per heavy atom. The van der Waals surface area contributed by atoms with Crippen LogP contribution >= 0.6 is 0 Å². The van der Waals surface area contributed by atoms with Crippen LogP contribution in [0.4, 0.5) is 0 Å². The summed E-state index contributed by atoms with van der Waals surface area (Å²) in [7, 11) is 2.85. The zero-order valence-corrected chi connectivity index (χ0v) is 47.2. The molecule has 0 N–H and O–H groups in total. The quantitative estimate of drug-likeness (QED) is 0.0199. The van der Waals surface area contributed by atoms with Crippen molar-refractivity contribution in [2.75, 3.05) is 27.4 Å². The van der Waals surface area contributed by atoms with Crippen molar-refractivity contribution >= 4 is 35.8 Å². The van der Waals surface area contributed by atoms with Crippen LogP contribution in [0.1, 0.15) is 279 Å². The van der Waals surface area contributed by atoms with Gasteiger partial charge in [0, 0.05) is 43.2 Å². The lowest BCUT2D eigenvalue weighted by Crippen LogP contribution is -2.30. The van der Waals surface area contributed by atoms with E-state index in [1.165, 1.54) is 143 Å². The smallest absolute Gasteiger partial charge is 0.342 e. The highest BCUT2D eigenvalue weighted by Gasteiger charge is 2.34. The molecule has 1 aromatic carbocycles. The van der Waals surface area contributed by atoms with Crippen molar-refractivity contribution in [3.05, 3.63) is 33.9 Å². The van der Waals surface area contributed by atoms with Gasteiger partial charge >= 0.3 is 35.8 Å². The van der Waals surface area contributed by atoms with E-state index in [1.807, 2.05) is 19.9 Å². The monoisotopic (exact) mass is 1040 g/mol. The minimum atomic E-state index is -0.969. The maximum absolute atomic E-state index is 13.4. The van der Waals surface area contributed by atoms with Crippen LogP contribution in [0.15, 0.2) is 11.6 Å². The Balaban J connectivity index is 1.87. The number of benzene rings is 1. The van der Waals surface area contributed by atoms with E-state index in [2.05, 4.69) is 13.8 Å². The van der Waals surface area contributed by atoms with Crippen molar-refractivity contribution in [2.24, 2.45) is 0 Å². The number of ether oxygens (including phenoxy) is 7. The molecule has 0 radical (unpaired) electrons. The molecule has 13 heteroatoms. The molecule has 0 fully saturated rings. The number of rotatable bonds is 47. The summed E-state index contributed by atoms with van der Waals surface area (Å²) in [5, 5.41) is 0. The van der Waals surface area contributed by atoms with Crippen LogP contribution in [-0.4, -0.2) is 69.4 Å². The van der Waals surface area contributed by atoms with Crippen LogP contribution in [0.5, 0.6) is 11.5 Å². The van der Waals surface area contributed by atoms with Crippen LogP contribution < -0.4 is 9.47 Å². The molecule has 13 nitrogen and oxygen atoms in total. The number of unbranched alkanes of at least 4 members (excludes halogenated alkanes) is 27. The Morgan fingerprint density at radius 1 is 0.514 bits per heavy atom. The second-order valence-corrected chi connectivity index (χ2v) is 20.6. The van der Waals surface area contributed by atoms with Gasteiger partial charge in [0.25, 0.3) is 0 Å². The Labute approximate surface area is 447 Å². The van der Waals surface area contributed by atoms with Gasteiger partial charge in [-0.3, -0.25) is 24.0 Å². The number of cyclic esters (lactones) is 1. The molecule has 1 aliphatic heterocycles. The van der Waals surface area contributed by atoms with Crippen LogP contribution in [0.2, 0.25) is 0 Å². The van der Waals surface area contributed by atoms with Crippen LogP contribution in [0.25, 0.3) is 0 Å². The van der Waals surface area contributed by atoms with Gasteiger partial charge in [0.15, 0.2) is 11.9 Å². The van der Waals surface area contributed by atoms with Crippen LogP contribution in [0, 0.1) is 6.92 Å². The number of hydrogen-bond donors (Lipinski definition) is 0. The molecule has 1 heterocycles. The van der Waals surface area contributed by atoms with Gasteiger partial charge in [-0.05, 0) is 57.9 Å². The van der Waals surface area contributed by atoms with E-state index in [9.17, 15) is 28.8 Å². The molecule has 0 spiro atoms. The maximum Gasteiger partial charge on any atom is 0.342 e. The molecule has 0 bridgehead atoms. The molecule has 0 saturated heterocycles. The van der Waals surface area contributed by atoms with Gasteiger partial charge in [0.05, 0.1) is 14.2 Å². The first kappa shape index (κ1) is 65.7. The number of hydrogen-bond acceptors (Lipinski definition) is 13. The Bertz CT molecular complexity index is 1740. The van der Waals surface area contributed by atoms with Crippen LogP contribution in [0.3, 0.4) is 0 Å². The fraction of sp³-hybridized carbons (Fsp3) is 0.770. The first-order chi connectivity index (χ1) is 35.9. The molecular formula is C61H100O13. The van der Waals surface area contributed by atoms with Crippen molar-refractivity contribution < 1.29 is 61.9 Å². The zero-order chi connectivity index (χ0) is 54.0. The standard InChI is InChI=1S/C61H100O13/c1-7-9-11-13-15-17-19-21-23-25-27-29-31-33-37-54(63)70-45-50(46-71-55(64)38-34-32-30-28-26-24-22-20-18-16-14-12-10-8-2)73-56(65)39-35-36-40-57(66)74-60-51(43-41-48(3)42-44-53(62)68-5)59(69-6)49(4)52-47-72-61(67)58(52)60/h41,50H,7-40,42-47H2,1-6H3/b48-41+. The molecular weight excluding hydrogens is 941 g/mol. The molecule has 2 rings (SSSR count). The largest absolute Gasteiger partial charge is 0.496 e. The Morgan fingerprint density at radius 2 is 0.919 bits per heavy atom. The molecule has 74 heavy (non-hydrogen) atoms. The predicted octanol–water partition coefficient (Wildman–Crippen LogP) is 15.3. The van der Waals surface area contributed by atoms with Gasteiger partial charge in [-0.2, -0.15) is 0 Å². The van der Waals surface area contributed by atoms with E-state index in [-0.39, 0.29) is 100 Å². The average molecular weight is 1040 g/mol. The van der Waals surface area contributed by atoms with Crippen molar-refractivity contribution in [1.82, 2.24) is 0 Å². The maximum atomic E-state index is 13.4. The predicted molar refractivity (Wildman–Crippen MR) is 291 cm³/mol. The molecule has 0 atom stereocenters. The number of esters is 6. The van der Waals surface area contributed by atoms with E-state index in [0.29, 0.717) is 28.9 Å². The summed E-state index contributed by atoms with van der Waals surface area (Å²) in [5.41, 5.74) is 2.88. The molecule has 0 amide bonds. The summed E-state index contributed by atoms with van der Waals surface area (Å²) >= 11 is 0. The van der Waals surface area contributed by atoms with Gasteiger partial charge in [-0.15, -0.1) is 0 Å². The minimum absolute atomic E-state index is 0.0235. The number of carbonyl (C=O) groups is 6. The molecule has 0 unspecified atom stereocenters. The lowest BCUT2D eigenvalue weighted by Gasteiger charge is -2.19. The van der Waals surface area contributed by atoms with E-state index in [1.54, 1.807) is 0 Å². The van der Waals surface area contributed by atoms with E-state index in [4.69, 9.17) is 33.2 Å². The molecule has 422 valence electrons. The summed E-state index contributed by atoms with van der Waals surface area (Å²) in [6.07, 6.45) is 37.0. The van der Waals surface area contributed by atoms with Gasteiger partial charge in [-0.1, -0.05) is 192 Å². The van der Waals surface area contributed by atoms with Crippen molar-refractivity contribution in [1.29, 1.82) is 0 Å². The normalized spacial score (nSPS) is 12.1. The third-order valence-electron chi connectivity index (χ3n) is 14.1. The SMILES string of the molecule is CCCCCCCCCCCCCCCCC(=O)OCC(COC(=O)CCCCCCCCCCCCCCCC)OC(=O)CCCCC(=O)Oc1c(C/C=C(\C)CCC(=O)OC)c(OC)c(C)c2c1C(=O)OC2. The lowest BCUT2D eigenvalue weighted by molar-refractivity contribution is -0.167. The highest BCUT2D eigenvalue weighted by Crippen LogP contribution is 2.43. The summed E-state index contributed by atoms with van der Waals surface area (Å²) in [6.45, 7) is 7.78. The van der Waals surface area contributed by atoms with Gasteiger partial charge in [0.1, 0.15) is 31.1 Å². The summed E-state index contributed by atoms with van der Waals surface area (Å²) in [6, 6.07) is 0. The summed E-state index contributed by atoms with van der Waals surface area (Å²) in [4.78, 5) is 76.7. The highest BCUT2D eigenvalue weighted by molar-refractivity contribution is 5.99. The topological polar surface area (TPSA) is 167 Å². The Kier molecular flexibility index (Phi) is 38.0. The molecule has 0 saturated carbocycles. The minimum Gasteiger partial charge on any atom is -0.496 e. The van der Waals surface area contributed by atoms with E-state index >= 15 is 0 Å². The zero-order valence-electron chi connectivity index (χ0n) is 47.2. The van der Waals surface area contributed by atoms with Gasteiger partial charge < -0.3 is 33.2 Å². The van der Waals surface area contributed by atoms with Crippen molar-refractivity contribution in [3.8, 4) is 11.5 Å². The summed E-state index contributed by atoms with van der Waals surface area (Å²) < 4.78 is 38.6. The molecule has 0 aliphatic carbocycles. The summed E-state index contributed by atoms with van der Waals surface area (Å²) in [5.74, 6) is -2.31. The second kappa shape index (κ2) is 42.8. The third kappa shape index (κ3) is 30.2. The number of methoxy groups -OCH3 is 2. The van der Waals surface area contributed by atoms with Gasteiger partial charge in [-0.25, -0.2) is 4.79 Å². The first-order valence-corrected chi connectivity index (χ1v) is 29.3. The first-order valence-electron chi connectivity index (χ1n) is 29.3. The van der Waals surface area contributed by atoms with E-state index < -0.39 is 24.0 Å². The number of fused-ring (bicyclic) bond motifs is 1. The van der Waals surface area contributed by atoms with E-state index in [0.717, 1.165) is 56.9 Å². The van der Waals surface area contributed by atoms with Gasteiger partial charge in [0.2, 0.25) is 0 Å².